The van der Waals surface area contributed by atoms with Crippen molar-refractivity contribution in [3.05, 3.63) is 88.5 Å². The highest BCUT2D eigenvalue weighted by Crippen LogP contribution is 2.34. The second-order valence-corrected chi connectivity index (χ2v) is 6.81. The van der Waals surface area contributed by atoms with Crippen molar-refractivity contribution >= 4 is 28.3 Å². The smallest absolute Gasteiger partial charge is 0.269 e. The minimum atomic E-state index is -0.448. The largest absolute Gasteiger partial charge is 0.471 e. The van der Waals surface area contributed by atoms with Crippen LogP contribution in [0.15, 0.2) is 72.8 Å². The van der Waals surface area contributed by atoms with Gasteiger partial charge in [-0.2, -0.15) is 0 Å². The molecule has 0 atom stereocenters. The number of fused-ring (bicyclic) bond motifs is 1. The number of nitro groups is 1. The first-order valence-corrected chi connectivity index (χ1v) is 9.51. The van der Waals surface area contributed by atoms with E-state index >= 15 is 0 Å². The first-order chi connectivity index (χ1) is 15.0. The van der Waals surface area contributed by atoms with Crippen molar-refractivity contribution in [2.24, 2.45) is 0 Å². The number of rotatable bonds is 6. The fraction of sp³-hybridized carbons (Fsp3) is 0.0870. The van der Waals surface area contributed by atoms with Crippen molar-refractivity contribution < 1.29 is 14.5 Å². The molecule has 1 heterocycles. The van der Waals surface area contributed by atoms with Crippen LogP contribution in [0.1, 0.15) is 12.5 Å². The molecule has 1 aromatic heterocycles. The van der Waals surface area contributed by atoms with Crippen molar-refractivity contribution in [3.8, 4) is 17.1 Å². The summed E-state index contributed by atoms with van der Waals surface area (Å²) < 4.78 is 5.99. The fourth-order valence-corrected chi connectivity index (χ4v) is 3.11. The molecule has 4 rings (SSSR count). The van der Waals surface area contributed by atoms with E-state index in [-0.39, 0.29) is 18.2 Å². The molecular weight excluding hydrogens is 396 g/mol. The van der Waals surface area contributed by atoms with Crippen LogP contribution in [-0.4, -0.2) is 20.8 Å². The van der Waals surface area contributed by atoms with Gasteiger partial charge in [0.15, 0.2) is 0 Å². The van der Waals surface area contributed by atoms with Crippen molar-refractivity contribution in [2.75, 3.05) is 5.32 Å². The molecule has 1 N–H and O–H groups in total. The molecule has 0 spiro atoms. The van der Waals surface area contributed by atoms with E-state index < -0.39 is 4.92 Å². The zero-order chi connectivity index (χ0) is 21.8. The van der Waals surface area contributed by atoms with Gasteiger partial charge in [-0.1, -0.05) is 30.3 Å². The van der Waals surface area contributed by atoms with Crippen LogP contribution in [0.2, 0.25) is 0 Å². The molecule has 0 saturated heterocycles. The van der Waals surface area contributed by atoms with E-state index in [2.05, 4.69) is 10.3 Å². The van der Waals surface area contributed by atoms with Gasteiger partial charge in [-0.25, -0.2) is 9.97 Å². The number of nitrogens with zero attached hydrogens (tertiary/aromatic N) is 3. The number of amides is 1. The number of nitro benzene ring substituents is 1. The number of non-ortho nitro benzene ring substituents is 1. The maximum absolute atomic E-state index is 11.7. The van der Waals surface area contributed by atoms with Crippen molar-refractivity contribution in [1.29, 1.82) is 0 Å². The number of carbonyl (C=O) groups excluding carboxylic acids is 1. The molecule has 8 nitrogen and oxygen atoms in total. The third kappa shape index (κ3) is 4.48. The van der Waals surface area contributed by atoms with Gasteiger partial charge in [0.2, 0.25) is 11.8 Å². The summed E-state index contributed by atoms with van der Waals surface area (Å²) in [4.78, 5) is 31.4. The predicted molar refractivity (Wildman–Crippen MR) is 117 cm³/mol. The highest BCUT2D eigenvalue weighted by molar-refractivity contribution is 5.94. The molecule has 0 fully saturated rings. The summed E-state index contributed by atoms with van der Waals surface area (Å²) in [5, 5.41) is 13.7. The predicted octanol–water partition coefficient (Wildman–Crippen LogP) is 4.74. The van der Waals surface area contributed by atoms with E-state index in [1.54, 1.807) is 18.2 Å². The Balaban J connectivity index is 1.74. The number of para-hydroxylation sites is 3. The van der Waals surface area contributed by atoms with Gasteiger partial charge in [0.05, 0.1) is 21.6 Å². The highest BCUT2D eigenvalue weighted by atomic mass is 16.6. The Morgan fingerprint density at radius 1 is 0.968 bits per heavy atom. The lowest BCUT2D eigenvalue weighted by Gasteiger charge is -2.14. The Morgan fingerprint density at radius 2 is 1.61 bits per heavy atom. The van der Waals surface area contributed by atoms with Gasteiger partial charge in [0.25, 0.3) is 5.69 Å². The number of anilines is 1. The Hall–Kier alpha value is -4.33. The summed E-state index contributed by atoms with van der Waals surface area (Å²) >= 11 is 0. The molecule has 0 aliphatic heterocycles. The van der Waals surface area contributed by atoms with E-state index in [9.17, 15) is 14.9 Å². The summed E-state index contributed by atoms with van der Waals surface area (Å²) in [6, 6.07) is 20.8. The lowest BCUT2D eigenvalue weighted by Crippen LogP contribution is -2.08. The molecular formula is C23H18N4O4. The van der Waals surface area contributed by atoms with Crippen LogP contribution in [0.3, 0.4) is 0 Å². The van der Waals surface area contributed by atoms with Gasteiger partial charge in [-0.3, -0.25) is 14.9 Å². The van der Waals surface area contributed by atoms with Crippen molar-refractivity contribution in [3.63, 3.8) is 0 Å². The summed E-state index contributed by atoms with van der Waals surface area (Å²) in [5.41, 5.74) is 3.89. The maximum atomic E-state index is 11.7. The topological polar surface area (TPSA) is 107 Å². The van der Waals surface area contributed by atoms with Crippen LogP contribution in [-0.2, 0) is 11.4 Å². The van der Waals surface area contributed by atoms with Gasteiger partial charge < -0.3 is 10.1 Å². The maximum Gasteiger partial charge on any atom is 0.269 e. The van der Waals surface area contributed by atoms with Crippen LogP contribution in [0, 0.1) is 10.1 Å². The Labute approximate surface area is 177 Å². The molecule has 0 aliphatic carbocycles. The standard InChI is InChI=1S/C23H18N4O4/c1-15(28)24-19-7-3-2-6-18(19)22-23(26-21-9-5-4-8-20(21)25-22)31-14-16-10-12-17(13-11-16)27(29)30/h2-13H,14H2,1H3,(H,24,28). The molecule has 31 heavy (non-hydrogen) atoms. The number of ether oxygens (including phenoxy) is 1. The van der Waals surface area contributed by atoms with Crippen LogP contribution in [0.25, 0.3) is 22.3 Å². The van der Waals surface area contributed by atoms with Gasteiger partial charge in [-0.15, -0.1) is 0 Å². The lowest BCUT2D eigenvalue weighted by atomic mass is 10.1. The van der Waals surface area contributed by atoms with E-state index in [0.29, 0.717) is 33.9 Å². The van der Waals surface area contributed by atoms with Gasteiger partial charge in [0.1, 0.15) is 12.3 Å². The van der Waals surface area contributed by atoms with Crippen LogP contribution in [0.5, 0.6) is 5.88 Å². The number of nitrogens with one attached hydrogen (secondary N) is 1. The molecule has 1 amide bonds. The molecule has 0 bridgehead atoms. The SMILES string of the molecule is CC(=O)Nc1ccccc1-c1nc2ccccc2nc1OCc1ccc([N+](=O)[O-])cc1. The quantitative estimate of drug-likeness (QED) is 0.361. The molecule has 0 unspecified atom stereocenters. The highest BCUT2D eigenvalue weighted by Gasteiger charge is 2.16. The molecule has 0 saturated carbocycles. The van der Waals surface area contributed by atoms with E-state index in [4.69, 9.17) is 9.72 Å². The average Bonchev–Trinajstić information content (AvgIpc) is 2.77. The van der Waals surface area contributed by atoms with E-state index in [1.807, 2.05) is 42.5 Å². The monoisotopic (exact) mass is 414 g/mol. The number of hydrogen-bond donors (Lipinski definition) is 1. The van der Waals surface area contributed by atoms with Crippen LogP contribution >= 0.6 is 0 Å². The number of benzene rings is 3. The van der Waals surface area contributed by atoms with Gasteiger partial charge >= 0.3 is 0 Å². The average molecular weight is 414 g/mol. The fourth-order valence-electron chi connectivity index (χ4n) is 3.11. The van der Waals surface area contributed by atoms with Crippen LogP contribution in [0.4, 0.5) is 11.4 Å². The van der Waals surface area contributed by atoms with Crippen molar-refractivity contribution in [1.82, 2.24) is 9.97 Å². The second-order valence-electron chi connectivity index (χ2n) is 6.81. The number of aromatic nitrogens is 2. The minimum absolute atomic E-state index is 0.0131. The number of carbonyl (C=O) groups is 1. The molecule has 4 aromatic rings. The first kappa shape index (κ1) is 20.0. The number of hydrogen-bond acceptors (Lipinski definition) is 6. The molecule has 0 aliphatic rings. The van der Waals surface area contributed by atoms with Gasteiger partial charge in [-0.05, 0) is 35.9 Å². The summed E-state index contributed by atoms with van der Waals surface area (Å²) in [6.45, 7) is 1.59. The minimum Gasteiger partial charge on any atom is -0.471 e. The zero-order valence-corrected chi connectivity index (χ0v) is 16.6. The summed E-state index contributed by atoms with van der Waals surface area (Å²) in [7, 11) is 0. The van der Waals surface area contributed by atoms with Crippen LogP contribution < -0.4 is 10.1 Å². The molecule has 154 valence electrons. The van der Waals surface area contributed by atoms with Gasteiger partial charge in [0, 0.05) is 24.6 Å². The Kier molecular flexibility index (Phi) is 5.53. The van der Waals surface area contributed by atoms with E-state index in [1.165, 1.54) is 19.1 Å². The molecule has 8 heteroatoms. The van der Waals surface area contributed by atoms with E-state index in [0.717, 1.165) is 5.56 Å². The Bertz CT molecular complexity index is 1270. The normalized spacial score (nSPS) is 10.6. The zero-order valence-electron chi connectivity index (χ0n) is 16.6. The first-order valence-electron chi connectivity index (χ1n) is 9.51. The molecule has 0 radical (unpaired) electrons. The third-order valence-electron chi connectivity index (χ3n) is 4.55. The second kappa shape index (κ2) is 8.58. The van der Waals surface area contributed by atoms with Crippen molar-refractivity contribution in [2.45, 2.75) is 13.5 Å². The summed E-state index contributed by atoms with van der Waals surface area (Å²) in [6.07, 6.45) is 0. The third-order valence-corrected chi connectivity index (χ3v) is 4.55. The Morgan fingerprint density at radius 3 is 2.29 bits per heavy atom. The molecule has 3 aromatic carbocycles. The lowest BCUT2D eigenvalue weighted by molar-refractivity contribution is -0.384. The summed E-state index contributed by atoms with van der Waals surface area (Å²) in [5.74, 6) is 0.101.